The average molecular weight is 265 g/mol. The molecular formula is C14H23N3O2. The molecule has 1 fully saturated rings. The molecule has 0 spiro atoms. The molecule has 2 heterocycles. The molecule has 106 valence electrons. The first-order chi connectivity index (χ1) is 9.04. The van der Waals surface area contributed by atoms with E-state index in [0.29, 0.717) is 13.1 Å². The van der Waals surface area contributed by atoms with Gasteiger partial charge in [-0.2, -0.15) is 0 Å². The van der Waals surface area contributed by atoms with Crippen LogP contribution in [0.1, 0.15) is 24.4 Å². The molecule has 0 bridgehead atoms. The first kappa shape index (κ1) is 14.1. The highest BCUT2D eigenvalue weighted by Gasteiger charge is 2.20. The summed E-state index contributed by atoms with van der Waals surface area (Å²) in [6, 6.07) is 4.03. The van der Waals surface area contributed by atoms with Gasteiger partial charge in [-0.3, -0.25) is 9.69 Å². The van der Waals surface area contributed by atoms with E-state index in [0.717, 1.165) is 37.5 Å². The predicted molar refractivity (Wildman–Crippen MR) is 73.6 cm³/mol. The Morgan fingerprint density at radius 3 is 3.00 bits per heavy atom. The van der Waals surface area contributed by atoms with Crippen molar-refractivity contribution in [3.8, 4) is 0 Å². The number of carbonyl (C=O) groups excluding carboxylic acids is 1. The number of nitrogens with zero attached hydrogens (tertiary/aromatic N) is 2. The molecule has 1 amide bonds. The number of likely N-dealkylation sites (tertiary alicyclic amines) is 1. The monoisotopic (exact) mass is 265 g/mol. The van der Waals surface area contributed by atoms with Crippen molar-refractivity contribution in [2.24, 2.45) is 5.73 Å². The van der Waals surface area contributed by atoms with E-state index in [1.807, 2.05) is 26.1 Å². The van der Waals surface area contributed by atoms with Crippen LogP contribution in [-0.4, -0.2) is 48.4 Å². The van der Waals surface area contributed by atoms with Gasteiger partial charge >= 0.3 is 0 Å². The maximum atomic E-state index is 12.1. The van der Waals surface area contributed by atoms with Crippen LogP contribution in [0.25, 0.3) is 0 Å². The van der Waals surface area contributed by atoms with Crippen molar-refractivity contribution < 1.29 is 9.21 Å². The smallest absolute Gasteiger partial charge is 0.236 e. The Morgan fingerprint density at radius 1 is 1.58 bits per heavy atom. The number of likely N-dealkylation sites (N-methyl/N-ethyl adjacent to an activating group) is 1. The Bertz CT molecular complexity index is 430. The van der Waals surface area contributed by atoms with Gasteiger partial charge in [0.1, 0.15) is 11.5 Å². The molecule has 19 heavy (non-hydrogen) atoms. The second-order valence-corrected chi connectivity index (χ2v) is 5.40. The average Bonchev–Trinajstić information content (AvgIpc) is 2.74. The van der Waals surface area contributed by atoms with Crippen LogP contribution in [0.15, 0.2) is 16.5 Å². The lowest BCUT2D eigenvalue weighted by molar-refractivity contribution is -0.132. The standard InChI is InChI=1S/C14H23N3O2/c1-11-5-6-13(19-11)9-16(2)14(18)10-17-7-3-4-12(15)8-17/h5-6,12H,3-4,7-10,15H2,1-2H3/t12-/m1/s1. The van der Waals surface area contributed by atoms with Crippen LogP contribution in [-0.2, 0) is 11.3 Å². The highest BCUT2D eigenvalue weighted by molar-refractivity contribution is 5.77. The van der Waals surface area contributed by atoms with Crippen LogP contribution >= 0.6 is 0 Å². The molecule has 0 radical (unpaired) electrons. The minimum atomic E-state index is 0.114. The van der Waals surface area contributed by atoms with Gasteiger partial charge in [0.25, 0.3) is 0 Å². The van der Waals surface area contributed by atoms with Gasteiger partial charge in [0.15, 0.2) is 0 Å². The van der Waals surface area contributed by atoms with Gasteiger partial charge in [-0.25, -0.2) is 0 Å². The molecule has 1 aliphatic heterocycles. The number of furan rings is 1. The Morgan fingerprint density at radius 2 is 2.37 bits per heavy atom. The van der Waals surface area contributed by atoms with E-state index in [4.69, 9.17) is 10.2 Å². The van der Waals surface area contributed by atoms with Crippen molar-refractivity contribution in [2.45, 2.75) is 32.4 Å². The van der Waals surface area contributed by atoms with E-state index in [1.54, 1.807) is 4.90 Å². The topological polar surface area (TPSA) is 62.7 Å². The summed E-state index contributed by atoms with van der Waals surface area (Å²) in [4.78, 5) is 16.0. The predicted octanol–water partition coefficient (Wildman–Crippen LogP) is 0.970. The molecule has 0 saturated carbocycles. The highest BCUT2D eigenvalue weighted by atomic mass is 16.3. The van der Waals surface area contributed by atoms with E-state index in [9.17, 15) is 4.79 Å². The molecule has 5 heteroatoms. The third-order valence-corrected chi connectivity index (χ3v) is 3.52. The number of aryl methyl sites for hydroxylation is 1. The van der Waals surface area contributed by atoms with Crippen LogP contribution in [0.4, 0.5) is 0 Å². The SMILES string of the molecule is Cc1ccc(CN(C)C(=O)CN2CCC[C@@H](N)C2)o1. The van der Waals surface area contributed by atoms with Gasteiger partial charge < -0.3 is 15.1 Å². The van der Waals surface area contributed by atoms with Crippen LogP contribution in [0.3, 0.4) is 0 Å². The lowest BCUT2D eigenvalue weighted by Crippen LogP contribution is -2.47. The summed E-state index contributed by atoms with van der Waals surface area (Å²) in [7, 11) is 1.81. The summed E-state index contributed by atoms with van der Waals surface area (Å²) < 4.78 is 5.48. The molecule has 1 atom stereocenters. The quantitative estimate of drug-likeness (QED) is 0.881. The van der Waals surface area contributed by atoms with Crippen LogP contribution < -0.4 is 5.73 Å². The third-order valence-electron chi connectivity index (χ3n) is 3.52. The largest absolute Gasteiger partial charge is 0.464 e. The zero-order chi connectivity index (χ0) is 13.8. The van der Waals surface area contributed by atoms with Crippen LogP contribution in [0, 0.1) is 6.92 Å². The van der Waals surface area contributed by atoms with Crippen LogP contribution in [0.5, 0.6) is 0 Å². The van der Waals surface area contributed by atoms with Gasteiger partial charge in [0.2, 0.25) is 5.91 Å². The number of carbonyl (C=O) groups is 1. The highest BCUT2D eigenvalue weighted by Crippen LogP contribution is 2.11. The number of nitrogens with two attached hydrogens (primary N) is 1. The first-order valence-corrected chi connectivity index (χ1v) is 6.82. The molecule has 0 aliphatic carbocycles. The van der Waals surface area contributed by atoms with E-state index >= 15 is 0 Å². The zero-order valence-electron chi connectivity index (χ0n) is 11.8. The molecule has 1 aromatic rings. The molecule has 1 aliphatic rings. The maximum Gasteiger partial charge on any atom is 0.236 e. The van der Waals surface area contributed by atoms with Gasteiger partial charge in [0, 0.05) is 19.6 Å². The fourth-order valence-corrected chi connectivity index (χ4v) is 2.44. The first-order valence-electron chi connectivity index (χ1n) is 6.82. The van der Waals surface area contributed by atoms with Gasteiger partial charge in [-0.05, 0) is 38.4 Å². The van der Waals surface area contributed by atoms with Gasteiger partial charge in [-0.15, -0.1) is 0 Å². The fourth-order valence-electron chi connectivity index (χ4n) is 2.44. The number of hydrogen-bond donors (Lipinski definition) is 1. The number of rotatable bonds is 4. The molecule has 0 aromatic carbocycles. The summed E-state index contributed by atoms with van der Waals surface area (Å²) in [5.41, 5.74) is 5.92. The van der Waals surface area contributed by atoms with E-state index < -0.39 is 0 Å². The summed E-state index contributed by atoms with van der Waals surface area (Å²) in [6.07, 6.45) is 2.14. The fraction of sp³-hybridized carbons (Fsp3) is 0.643. The zero-order valence-corrected chi connectivity index (χ0v) is 11.8. The molecule has 0 unspecified atom stereocenters. The Balaban J connectivity index is 1.81. The molecule has 1 saturated heterocycles. The van der Waals surface area contributed by atoms with Crippen molar-refractivity contribution >= 4 is 5.91 Å². The van der Waals surface area contributed by atoms with E-state index in [-0.39, 0.29) is 11.9 Å². The maximum absolute atomic E-state index is 12.1. The van der Waals surface area contributed by atoms with Crippen molar-refractivity contribution in [3.63, 3.8) is 0 Å². The molecule has 2 rings (SSSR count). The lowest BCUT2D eigenvalue weighted by Gasteiger charge is -2.31. The summed E-state index contributed by atoms with van der Waals surface area (Å²) in [6.45, 7) is 4.66. The number of piperidine rings is 1. The van der Waals surface area contributed by atoms with Crippen molar-refractivity contribution in [3.05, 3.63) is 23.7 Å². The van der Waals surface area contributed by atoms with Gasteiger partial charge in [0.05, 0.1) is 13.1 Å². The van der Waals surface area contributed by atoms with E-state index in [2.05, 4.69) is 4.90 Å². The number of hydrogen-bond acceptors (Lipinski definition) is 4. The van der Waals surface area contributed by atoms with Crippen molar-refractivity contribution in [2.75, 3.05) is 26.7 Å². The van der Waals surface area contributed by atoms with Crippen molar-refractivity contribution in [1.82, 2.24) is 9.80 Å². The minimum absolute atomic E-state index is 0.114. The lowest BCUT2D eigenvalue weighted by atomic mass is 10.1. The van der Waals surface area contributed by atoms with E-state index in [1.165, 1.54) is 0 Å². The number of amides is 1. The summed E-state index contributed by atoms with van der Waals surface area (Å²) >= 11 is 0. The summed E-state index contributed by atoms with van der Waals surface area (Å²) in [5, 5.41) is 0. The Kier molecular flexibility index (Phi) is 4.61. The van der Waals surface area contributed by atoms with Gasteiger partial charge in [-0.1, -0.05) is 0 Å². The molecule has 5 nitrogen and oxygen atoms in total. The second kappa shape index (κ2) is 6.21. The third kappa shape index (κ3) is 4.08. The minimum Gasteiger partial charge on any atom is -0.464 e. The summed E-state index contributed by atoms with van der Waals surface area (Å²) in [5.74, 6) is 1.81. The second-order valence-electron chi connectivity index (χ2n) is 5.40. The van der Waals surface area contributed by atoms with Crippen molar-refractivity contribution in [1.29, 1.82) is 0 Å². The normalized spacial score (nSPS) is 20.5. The Hall–Kier alpha value is -1.33. The molecular weight excluding hydrogens is 242 g/mol. The molecule has 2 N–H and O–H groups in total. The Labute approximate surface area is 114 Å². The molecule has 1 aromatic heterocycles. The van der Waals surface area contributed by atoms with Crippen LogP contribution in [0.2, 0.25) is 0 Å².